The van der Waals surface area contributed by atoms with Gasteiger partial charge in [0.05, 0.1) is 33.8 Å². The smallest absolute Gasteiger partial charge is 0.0973 e. The van der Waals surface area contributed by atoms with Gasteiger partial charge in [-0.15, -0.1) is 0 Å². The first-order chi connectivity index (χ1) is 29.3. The first kappa shape index (κ1) is 35.5. The van der Waals surface area contributed by atoms with E-state index in [1.54, 1.807) is 0 Å². The number of para-hydroxylation sites is 2. The Balaban J connectivity index is 1.22. The van der Waals surface area contributed by atoms with Crippen molar-refractivity contribution in [1.82, 2.24) is 9.97 Å². The summed E-state index contributed by atoms with van der Waals surface area (Å²) in [6.45, 7) is 0. The number of aromatic nitrogens is 2. The highest BCUT2D eigenvalue weighted by atomic mass is 15.1. The van der Waals surface area contributed by atoms with Crippen LogP contribution < -0.4 is 4.90 Å². The predicted molar refractivity (Wildman–Crippen MR) is 247 cm³/mol. The summed E-state index contributed by atoms with van der Waals surface area (Å²) in [6.07, 6.45) is 0. The molecule has 0 aliphatic rings. The van der Waals surface area contributed by atoms with Gasteiger partial charge in [0.1, 0.15) is 0 Å². The third-order valence-corrected chi connectivity index (χ3v) is 10.9. The van der Waals surface area contributed by atoms with E-state index in [9.17, 15) is 0 Å². The van der Waals surface area contributed by atoms with Crippen molar-refractivity contribution in [3.8, 4) is 67.0 Å². The van der Waals surface area contributed by atoms with Crippen molar-refractivity contribution in [2.75, 3.05) is 4.90 Å². The van der Waals surface area contributed by atoms with Crippen molar-refractivity contribution in [2.24, 2.45) is 0 Å². The van der Waals surface area contributed by atoms with Gasteiger partial charge in [0.25, 0.3) is 0 Å². The SMILES string of the molecule is c1ccc(-c2ccc(N(c3ccc(-c4nc5ccccc5nc4-c4ccccc4)cc3)c3cccc(-c4ccccc4)c3-c3ccccc3)c(-c3ccccc3)c2)cc1. The second-order valence-electron chi connectivity index (χ2n) is 14.6. The van der Waals surface area contributed by atoms with Crippen LogP contribution in [0.2, 0.25) is 0 Å². The summed E-state index contributed by atoms with van der Waals surface area (Å²) >= 11 is 0. The summed E-state index contributed by atoms with van der Waals surface area (Å²) in [6, 6.07) is 83.6. The van der Waals surface area contributed by atoms with Crippen molar-refractivity contribution >= 4 is 28.1 Å². The van der Waals surface area contributed by atoms with Gasteiger partial charge in [-0.1, -0.05) is 194 Å². The summed E-state index contributed by atoms with van der Waals surface area (Å²) in [4.78, 5) is 12.8. The molecule has 0 N–H and O–H groups in total. The van der Waals surface area contributed by atoms with Gasteiger partial charge in [-0.05, 0) is 75.8 Å². The van der Waals surface area contributed by atoms with Crippen molar-refractivity contribution in [3.63, 3.8) is 0 Å². The first-order valence-corrected chi connectivity index (χ1v) is 20.0. The average molecular weight is 754 g/mol. The van der Waals surface area contributed by atoms with E-state index in [4.69, 9.17) is 9.97 Å². The van der Waals surface area contributed by atoms with E-state index < -0.39 is 0 Å². The molecule has 3 nitrogen and oxygen atoms in total. The number of hydrogen-bond donors (Lipinski definition) is 0. The summed E-state index contributed by atoms with van der Waals surface area (Å²) in [5.41, 5.74) is 17.9. The molecule has 0 fully saturated rings. The van der Waals surface area contributed by atoms with Gasteiger partial charge in [0.2, 0.25) is 0 Å². The van der Waals surface area contributed by atoms with Crippen LogP contribution in [0.3, 0.4) is 0 Å². The Hall–Kier alpha value is -7.88. The molecule has 3 heteroatoms. The van der Waals surface area contributed by atoms with Crippen LogP contribution in [0, 0.1) is 0 Å². The van der Waals surface area contributed by atoms with E-state index in [2.05, 4.69) is 211 Å². The lowest BCUT2D eigenvalue weighted by atomic mass is 9.91. The third-order valence-electron chi connectivity index (χ3n) is 10.9. The zero-order chi connectivity index (χ0) is 39.4. The lowest BCUT2D eigenvalue weighted by Crippen LogP contribution is -2.13. The van der Waals surface area contributed by atoms with E-state index in [1.165, 1.54) is 5.56 Å². The molecule has 1 heterocycles. The van der Waals surface area contributed by atoms with Crippen LogP contribution in [-0.2, 0) is 0 Å². The van der Waals surface area contributed by atoms with Gasteiger partial charge in [-0.25, -0.2) is 9.97 Å². The maximum absolute atomic E-state index is 5.23. The summed E-state index contributed by atoms with van der Waals surface area (Å²) in [7, 11) is 0. The van der Waals surface area contributed by atoms with Gasteiger partial charge >= 0.3 is 0 Å². The molecule has 0 aliphatic heterocycles. The normalized spacial score (nSPS) is 11.1. The lowest BCUT2D eigenvalue weighted by molar-refractivity contribution is 1.27. The largest absolute Gasteiger partial charge is 0.309 e. The molecule has 0 aliphatic carbocycles. The molecule has 10 rings (SSSR count). The summed E-state index contributed by atoms with van der Waals surface area (Å²) in [5, 5.41) is 0. The van der Waals surface area contributed by atoms with Crippen molar-refractivity contribution < 1.29 is 0 Å². The molecule has 0 spiro atoms. The molecule has 1 aromatic heterocycles. The minimum atomic E-state index is 0.848. The Kier molecular flexibility index (Phi) is 9.59. The number of fused-ring (bicyclic) bond motifs is 1. The maximum Gasteiger partial charge on any atom is 0.0973 e. The molecule has 0 amide bonds. The molecule has 0 atom stereocenters. The minimum Gasteiger partial charge on any atom is -0.309 e. The number of benzene rings is 9. The molecule has 0 saturated heterocycles. The van der Waals surface area contributed by atoms with Crippen LogP contribution in [0.1, 0.15) is 0 Å². The molecule has 10 aromatic rings. The van der Waals surface area contributed by atoms with E-state index in [0.717, 1.165) is 89.6 Å². The molecule has 59 heavy (non-hydrogen) atoms. The maximum atomic E-state index is 5.23. The Morgan fingerprint density at radius 3 is 1.27 bits per heavy atom. The fourth-order valence-corrected chi connectivity index (χ4v) is 8.06. The molecular formula is C56H39N3. The van der Waals surface area contributed by atoms with Crippen LogP contribution in [-0.4, -0.2) is 9.97 Å². The Morgan fingerprint density at radius 2 is 0.712 bits per heavy atom. The Morgan fingerprint density at radius 1 is 0.271 bits per heavy atom. The molecule has 0 bridgehead atoms. The molecule has 9 aromatic carbocycles. The van der Waals surface area contributed by atoms with Gasteiger partial charge in [0.15, 0.2) is 0 Å². The van der Waals surface area contributed by atoms with Crippen LogP contribution >= 0.6 is 0 Å². The number of rotatable bonds is 9. The Labute approximate surface area is 345 Å². The fraction of sp³-hybridized carbons (Fsp3) is 0. The average Bonchev–Trinajstić information content (AvgIpc) is 3.33. The van der Waals surface area contributed by atoms with Gasteiger partial charge in [-0.3, -0.25) is 0 Å². The van der Waals surface area contributed by atoms with Crippen LogP contribution in [0.15, 0.2) is 237 Å². The molecular weight excluding hydrogens is 715 g/mol. The number of hydrogen-bond acceptors (Lipinski definition) is 3. The van der Waals surface area contributed by atoms with E-state index in [0.29, 0.717) is 0 Å². The zero-order valence-corrected chi connectivity index (χ0v) is 32.4. The van der Waals surface area contributed by atoms with Crippen molar-refractivity contribution in [1.29, 1.82) is 0 Å². The van der Waals surface area contributed by atoms with Crippen LogP contribution in [0.25, 0.3) is 78.1 Å². The molecule has 0 saturated carbocycles. The highest BCUT2D eigenvalue weighted by Crippen LogP contribution is 2.49. The lowest BCUT2D eigenvalue weighted by Gasteiger charge is -2.31. The predicted octanol–water partition coefficient (Wildman–Crippen LogP) is 15.1. The number of anilines is 3. The van der Waals surface area contributed by atoms with Gasteiger partial charge in [-0.2, -0.15) is 0 Å². The summed E-state index contributed by atoms with van der Waals surface area (Å²) < 4.78 is 0. The fourth-order valence-electron chi connectivity index (χ4n) is 8.06. The highest BCUT2D eigenvalue weighted by Gasteiger charge is 2.24. The second-order valence-corrected chi connectivity index (χ2v) is 14.6. The van der Waals surface area contributed by atoms with E-state index >= 15 is 0 Å². The second kappa shape index (κ2) is 15.9. The summed E-state index contributed by atoms with van der Waals surface area (Å²) in [5.74, 6) is 0. The monoisotopic (exact) mass is 753 g/mol. The first-order valence-electron chi connectivity index (χ1n) is 20.0. The standard InChI is InChI=1S/C56H39N3/c1-6-19-40(20-7-1)46-35-38-52(49(39-46)42-23-10-3-11-24-42)59(53-32-18-29-48(41-21-8-2-9-22-41)54(53)43-25-12-4-13-26-43)47-36-33-45(34-37-47)56-55(44-27-14-5-15-28-44)57-50-30-16-17-31-51(50)58-56/h1-39H. The highest BCUT2D eigenvalue weighted by molar-refractivity contribution is 6.00. The number of nitrogens with zero attached hydrogens (tertiary/aromatic N) is 3. The van der Waals surface area contributed by atoms with Crippen LogP contribution in [0.5, 0.6) is 0 Å². The molecule has 278 valence electrons. The van der Waals surface area contributed by atoms with E-state index in [1.807, 2.05) is 30.3 Å². The minimum absolute atomic E-state index is 0.848. The quantitative estimate of drug-likeness (QED) is 0.147. The van der Waals surface area contributed by atoms with E-state index in [-0.39, 0.29) is 0 Å². The molecule has 0 unspecified atom stereocenters. The van der Waals surface area contributed by atoms with Gasteiger partial charge < -0.3 is 4.90 Å². The van der Waals surface area contributed by atoms with Crippen LogP contribution in [0.4, 0.5) is 17.1 Å². The van der Waals surface area contributed by atoms with Crippen molar-refractivity contribution in [2.45, 2.75) is 0 Å². The zero-order valence-electron chi connectivity index (χ0n) is 32.4. The third kappa shape index (κ3) is 7.07. The topological polar surface area (TPSA) is 29.0 Å². The van der Waals surface area contributed by atoms with Crippen molar-refractivity contribution in [3.05, 3.63) is 237 Å². The van der Waals surface area contributed by atoms with Gasteiger partial charge in [0, 0.05) is 27.9 Å². The molecule has 0 radical (unpaired) electrons. The Bertz CT molecular complexity index is 3000.